The Labute approximate surface area is 245 Å². The molecule has 4 heterocycles. The molecule has 0 saturated carbocycles. The van der Waals surface area contributed by atoms with Crippen molar-refractivity contribution in [1.82, 2.24) is 29.3 Å². The van der Waals surface area contributed by atoms with Crippen LogP contribution in [-0.2, 0) is 22.7 Å². The van der Waals surface area contributed by atoms with Crippen LogP contribution in [0.4, 0.5) is 0 Å². The normalized spacial score (nSPS) is 15.8. The van der Waals surface area contributed by atoms with E-state index < -0.39 is 8.07 Å². The van der Waals surface area contributed by atoms with Crippen LogP contribution in [-0.4, -0.2) is 57.2 Å². The first-order valence-corrected chi connectivity index (χ1v) is 18.1. The highest BCUT2D eigenvalue weighted by Gasteiger charge is 2.18. The zero-order valence-corrected chi connectivity index (χ0v) is 25.7. The van der Waals surface area contributed by atoms with Crippen LogP contribution in [0.1, 0.15) is 12.2 Å². The van der Waals surface area contributed by atoms with Crippen LogP contribution >= 0.6 is 11.6 Å². The summed E-state index contributed by atoms with van der Waals surface area (Å²) in [4.78, 5) is 14.1. The predicted molar refractivity (Wildman–Crippen MR) is 163 cm³/mol. The number of hydrogen-bond acceptors (Lipinski definition) is 7. The minimum atomic E-state index is -1.15. The molecule has 1 saturated heterocycles. The van der Waals surface area contributed by atoms with Crippen molar-refractivity contribution in [1.29, 1.82) is 0 Å². The van der Waals surface area contributed by atoms with Crippen LogP contribution in [0.2, 0.25) is 30.7 Å². The van der Waals surface area contributed by atoms with E-state index in [2.05, 4.69) is 34.3 Å². The minimum Gasteiger partial charge on any atom is -0.456 e. The fourth-order valence-corrected chi connectivity index (χ4v) is 5.94. The molecular weight excluding hydrogens is 556 g/mol. The van der Waals surface area contributed by atoms with Gasteiger partial charge < -0.3 is 18.8 Å². The van der Waals surface area contributed by atoms with Crippen molar-refractivity contribution in [3.63, 3.8) is 0 Å². The number of aryl methyl sites for hydroxylation is 1. The maximum absolute atomic E-state index is 6.85. The number of imidazole rings is 1. The lowest BCUT2D eigenvalue weighted by Gasteiger charge is -2.16. The number of aromatic nitrogens is 6. The molecule has 0 aliphatic carbocycles. The van der Waals surface area contributed by atoms with Crippen molar-refractivity contribution < 1.29 is 14.2 Å². The number of fused-ring (bicyclic) bond motifs is 2. The molecule has 2 aromatic carbocycles. The molecular formula is C30H35ClN6O3Si. The average Bonchev–Trinajstić information content (AvgIpc) is 3.69. The monoisotopic (exact) mass is 590 g/mol. The lowest BCUT2D eigenvalue weighted by molar-refractivity contribution is 0.0885. The van der Waals surface area contributed by atoms with Crippen LogP contribution in [0, 0.1) is 12.8 Å². The highest BCUT2D eigenvalue weighted by atomic mass is 35.5. The highest BCUT2D eigenvalue weighted by Crippen LogP contribution is 2.36. The maximum Gasteiger partial charge on any atom is 0.148 e. The first-order chi connectivity index (χ1) is 19.7. The number of benzene rings is 2. The zero-order chi connectivity index (χ0) is 28.6. The van der Waals surface area contributed by atoms with Gasteiger partial charge >= 0.3 is 0 Å². The smallest absolute Gasteiger partial charge is 0.148 e. The topological polar surface area (TPSA) is 89.1 Å². The fraction of sp³-hybridized carbons (Fsp3) is 0.400. The van der Waals surface area contributed by atoms with Gasteiger partial charge in [-0.3, -0.25) is 9.67 Å². The molecule has 3 aromatic heterocycles. The number of halogens is 1. The molecule has 1 fully saturated rings. The summed E-state index contributed by atoms with van der Waals surface area (Å²) in [6.07, 6.45) is 6.62. The van der Waals surface area contributed by atoms with Gasteiger partial charge in [-0.05, 0) is 43.7 Å². The van der Waals surface area contributed by atoms with E-state index >= 15 is 0 Å². The zero-order valence-electron chi connectivity index (χ0n) is 23.9. The first-order valence-electron chi connectivity index (χ1n) is 14.0. The summed E-state index contributed by atoms with van der Waals surface area (Å²) in [5.74, 6) is 2.56. The number of hydrogen-bond donors (Lipinski definition) is 0. The molecule has 1 aliphatic heterocycles. The number of ether oxygens (including phenoxy) is 3. The van der Waals surface area contributed by atoms with Crippen molar-refractivity contribution in [3.8, 4) is 22.8 Å². The van der Waals surface area contributed by atoms with Crippen molar-refractivity contribution in [2.45, 2.75) is 52.3 Å². The van der Waals surface area contributed by atoms with E-state index in [-0.39, 0.29) is 0 Å². The van der Waals surface area contributed by atoms with Crippen LogP contribution in [0.3, 0.4) is 0 Å². The largest absolute Gasteiger partial charge is 0.456 e. The average molecular weight is 591 g/mol. The summed E-state index contributed by atoms with van der Waals surface area (Å²) < 4.78 is 21.8. The van der Waals surface area contributed by atoms with Crippen LogP contribution in [0.15, 0.2) is 48.9 Å². The van der Waals surface area contributed by atoms with Gasteiger partial charge in [0.1, 0.15) is 34.6 Å². The third-order valence-corrected chi connectivity index (χ3v) is 9.44. The van der Waals surface area contributed by atoms with Gasteiger partial charge in [-0.15, -0.1) is 0 Å². The van der Waals surface area contributed by atoms with E-state index in [9.17, 15) is 0 Å². The summed E-state index contributed by atoms with van der Waals surface area (Å²) >= 11 is 6.85. The van der Waals surface area contributed by atoms with Crippen molar-refractivity contribution in [3.05, 3.63) is 59.8 Å². The lowest BCUT2D eigenvalue weighted by atomic mass is 10.1. The summed E-state index contributed by atoms with van der Waals surface area (Å²) in [5, 5.41) is 4.93. The molecule has 11 heteroatoms. The Bertz CT molecular complexity index is 1690. The molecule has 5 aromatic rings. The molecule has 0 amide bonds. The second kappa shape index (κ2) is 11.5. The van der Waals surface area contributed by atoms with Gasteiger partial charge in [0, 0.05) is 51.6 Å². The van der Waals surface area contributed by atoms with Gasteiger partial charge in [0.15, 0.2) is 0 Å². The Kier molecular flexibility index (Phi) is 7.82. The van der Waals surface area contributed by atoms with Crippen molar-refractivity contribution in [2.24, 2.45) is 5.92 Å². The lowest BCUT2D eigenvalue weighted by Crippen LogP contribution is -2.22. The Morgan fingerprint density at radius 3 is 2.76 bits per heavy atom. The third-order valence-electron chi connectivity index (χ3n) is 7.37. The van der Waals surface area contributed by atoms with Crippen molar-refractivity contribution in [2.75, 3.05) is 19.8 Å². The molecule has 0 radical (unpaired) electrons. The van der Waals surface area contributed by atoms with Gasteiger partial charge in [0.2, 0.25) is 0 Å². The van der Waals surface area contributed by atoms with Crippen LogP contribution in [0.25, 0.3) is 33.3 Å². The number of rotatable bonds is 10. The van der Waals surface area contributed by atoms with E-state index in [0.29, 0.717) is 45.9 Å². The Morgan fingerprint density at radius 1 is 1.10 bits per heavy atom. The van der Waals surface area contributed by atoms with Gasteiger partial charge in [0.05, 0.1) is 41.2 Å². The second-order valence-corrected chi connectivity index (χ2v) is 17.9. The van der Waals surface area contributed by atoms with E-state index in [0.717, 1.165) is 61.3 Å². The number of nitrogens with zero attached hydrogens (tertiary/aromatic N) is 6. The van der Waals surface area contributed by atoms with E-state index in [1.807, 2.05) is 54.3 Å². The van der Waals surface area contributed by atoms with Gasteiger partial charge in [-0.25, -0.2) is 9.97 Å². The standard InChI is InChI=1S/C30H35ClN6O3Si/c1-20-34-24-6-5-23(13-27(24)37(20)19-39-11-12-41(2,3)4)40-28-8-7-25-30(29(28)31)35-26(15-32-25)22-14-33-36(17-22)16-21-9-10-38-18-21/h5-8,13-15,17,21H,9-12,16,18-19H2,1-4H3. The summed E-state index contributed by atoms with van der Waals surface area (Å²) in [5.41, 5.74) is 4.72. The van der Waals surface area contributed by atoms with Gasteiger partial charge in [-0.1, -0.05) is 31.2 Å². The summed E-state index contributed by atoms with van der Waals surface area (Å²) in [6, 6.07) is 10.7. The molecule has 214 valence electrons. The SMILES string of the molecule is Cc1nc2ccc(Oc3ccc4ncc(-c5cnn(CC6CCOC6)c5)nc4c3Cl)cc2n1COCC[Si](C)(C)C. The minimum absolute atomic E-state index is 0.409. The summed E-state index contributed by atoms with van der Waals surface area (Å²) in [6.45, 7) is 12.7. The maximum atomic E-state index is 6.85. The third kappa shape index (κ3) is 6.30. The molecule has 1 unspecified atom stereocenters. The first kappa shape index (κ1) is 27.8. The van der Waals surface area contributed by atoms with Gasteiger partial charge in [-0.2, -0.15) is 5.10 Å². The Morgan fingerprint density at radius 2 is 1.95 bits per heavy atom. The molecule has 0 bridgehead atoms. The summed E-state index contributed by atoms with van der Waals surface area (Å²) in [7, 11) is -1.15. The second-order valence-electron chi connectivity index (χ2n) is 11.9. The van der Waals surface area contributed by atoms with Gasteiger partial charge in [0.25, 0.3) is 0 Å². The highest BCUT2D eigenvalue weighted by molar-refractivity contribution is 6.76. The molecule has 41 heavy (non-hydrogen) atoms. The Hall–Kier alpha value is -3.31. The van der Waals surface area contributed by atoms with E-state index in [4.69, 9.17) is 35.8 Å². The quantitative estimate of drug-likeness (QED) is 0.128. The molecule has 0 spiro atoms. The fourth-order valence-electron chi connectivity index (χ4n) is 4.94. The molecule has 9 nitrogen and oxygen atoms in total. The van der Waals surface area contributed by atoms with E-state index in [1.54, 1.807) is 6.20 Å². The molecule has 6 rings (SSSR count). The van der Waals surface area contributed by atoms with Crippen LogP contribution in [0.5, 0.6) is 11.5 Å². The molecule has 0 N–H and O–H groups in total. The van der Waals surface area contributed by atoms with Crippen molar-refractivity contribution >= 4 is 41.7 Å². The van der Waals surface area contributed by atoms with Crippen LogP contribution < -0.4 is 4.74 Å². The molecule has 1 atom stereocenters. The Balaban J connectivity index is 1.22. The molecule has 1 aliphatic rings. The van der Waals surface area contributed by atoms with E-state index in [1.165, 1.54) is 0 Å². The predicted octanol–water partition coefficient (Wildman–Crippen LogP) is 6.95.